The number of benzene rings is 1. The zero-order chi connectivity index (χ0) is 18.4. The molecular weight excluding hydrogens is 348 g/mol. The number of rotatable bonds is 6. The molecule has 0 radical (unpaired) electrons. The highest BCUT2D eigenvalue weighted by atomic mass is 32.1. The lowest BCUT2D eigenvalue weighted by Gasteiger charge is -2.29. The third-order valence-electron chi connectivity index (χ3n) is 4.94. The molecule has 1 amide bonds. The fraction of sp³-hybridized carbons (Fsp3) is 0.600. The van der Waals surface area contributed by atoms with Crippen molar-refractivity contribution in [1.82, 2.24) is 9.80 Å². The van der Waals surface area contributed by atoms with Crippen molar-refractivity contribution in [2.45, 2.75) is 39.0 Å². The first-order valence-electron chi connectivity index (χ1n) is 9.65. The fourth-order valence-corrected chi connectivity index (χ4v) is 3.82. The monoisotopic (exact) mass is 376 g/mol. The summed E-state index contributed by atoms with van der Waals surface area (Å²) in [6.07, 6.45) is 5.83. The third-order valence-corrected chi connectivity index (χ3v) is 5.44. The molecule has 0 atom stereocenters. The van der Waals surface area contributed by atoms with Gasteiger partial charge >= 0.3 is 0 Å². The van der Waals surface area contributed by atoms with Gasteiger partial charge in [0.25, 0.3) is 5.91 Å². The molecule has 142 valence electrons. The van der Waals surface area contributed by atoms with E-state index in [2.05, 4.69) is 4.90 Å². The van der Waals surface area contributed by atoms with Gasteiger partial charge in [0.15, 0.2) is 18.1 Å². The van der Waals surface area contributed by atoms with Crippen molar-refractivity contribution in [2.75, 3.05) is 39.4 Å². The molecular formula is C20H28N2O3S. The number of thiocarbonyl (C=S) groups is 1. The molecule has 2 heterocycles. The van der Waals surface area contributed by atoms with E-state index < -0.39 is 0 Å². The fourth-order valence-electron chi connectivity index (χ4n) is 3.51. The molecule has 2 fully saturated rings. The summed E-state index contributed by atoms with van der Waals surface area (Å²) in [7, 11) is 0. The Morgan fingerprint density at radius 3 is 2.31 bits per heavy atom. The maximum atomic E-state index is 12.2. The second-order valence-electron chi connectivity index (χ2n) is 6.82. The van der Waals surface area contributed by atoms with Gasteiger partial charge in [-0.3, -0.25) is 4.79 Å². The molecule has 0 unspecified atom stereocenters. The Balaban J connectivity index is 1.67. The van der Waals surface area contributed by atoms with Crippen molar-refractivity contribution in [3.63, 3.8) is 0 Å². The topological polar surface area (TPSA) is 42.0 Å². The minimum Gasteiger partial charge on any atom is -0.490 e. The Hall–Kier alpha value is -1.82. The summed E-state index contributed by atoms with van der Waals surface area (Å²) < 4.78 is 11.5. The molecule has 2 aliphatic heterocycles. The largest absolute Gasteiger partial charge is 0.490 e. The summed E-state index contributed by atoms with van der Waals surface area (Å²) in [5, 5.41) is 0. The van der Waals surface area contributed by atoms with E-state index in [1.807, 2.05) is 30.0 Å². The summed E-state index contributed by atoms with van der Waals surface area (Å²) >= 11 is 5.68. The SMILES string of the molecule is CCOc1cc(C(=S)N2CCCCC2)ccc1OCC(=O)N1CCCC1. The van der Waals surface area contributed by atoms with Gasteiger partial charge in [0.05, 0.1) is 6.61 Å². The zero-order valence-electron chi connectivity index (χ0n) is 15.5. The molecule has 0 aliphatic carbocycles. The molecule has 3 rings (SSSR count). The third kappa shape index (κ3) is 4.67. The van der Waals surface area contributed by atoms with E-state index in [0.717, 1.165) is 49.6 Å². The van der Waals surface area contributed by atoms with Gasteiger partial charge in [-0.25, -0.2) is 0 Å². The van der Waals surface area contributed by atoms with Gasteiger partial charge < -0.3 is 19.3 Å². The number of carbonyl (C=O) groups excluding carboxylic acids is 1. The number of amides is 1. The van der Waals surface area contributed by atoms with Crippen molar-refractivity contribution < 1.29 is 14.3 Å². The van der Waals surface area contributed by atoms with Crippen LogP contribution in [0.4, 0.5) is 0 Å². The molecule has 1 aromatic rings. The number of piperidine rings is 1. The van der Waals surface area contributed by atoms with E-state index in [1.54, 1.807) is 0 Å². The van der Waals surface area contributed by atoms with Crippen LogP contribution in [0.25, 0.3) is 0 Å². The smallest absolute Gasteiger partial charge is 0.260 e. The van der Waals surface area contributed by atoms with Gasteiger partial charge in [-0.15, -0.1) is 0 Å². The normalized spacial score (nSPS) is 17.3. The Bertz CT molecular complexity index is 638. The molecule has 6 heteroatoms. The van der Waals surface area contributed by atoms with Crippen molar-refractivity contribution in [1.29, 1.82) is 0 Å². The highest BCUT2D eigenvalue weighted by molar-refractivity contribution is 7.80. The predicted molar refractivity (Wildman–Crippen MR) is 106 cm³/mol. The maximum Gasteiger partial charge on any atom is 0.260 e. The highest BCUT2D eigenvalue weighted by Crippen LogP contribution is 2.30. The minimum absolute atomic E-state index is 0.0397. The van der Waals surface area contributed by atoms with Gasteiger partial charge in [0, 0.05) is 31.7 Å². The van der Waals surface area contributed by atoms with Crippen molar-refractivity contribution in [3.8, 4) is 11.5 Å². The minimum atomic E-state index is 0.0397. The van der Waals surface area contributed by atoms with Gasteiger partial charge in [-0.1, -0.05) is 12.2 Å². The van der Waals surface area contributed by atoms with Gasteiger partial charge in [0.1, 0.15) is 4.99 Å². The van der Waals surface area contributed by atoms with Gasteiger partial charge in [0.2, 0.25) is 0 Å². The Kier molecular flexibility index (Phi) is 6.72. The molecule has 0 bridgehead atoms. The first-order valence-corrected chi connectivity index (χ1v) is 10.1. The maximum absolute atomic E-state index is 12.2. The van der Waals surface area contributed by atoms with E-state index in [0.29, 0.717) is 18.1 Å². The van der Waals surface area contributed by atoms with Crippen LogP contribution >= 0.6 is 12.2 Å². The van der Waals surface area contributed by atoms with Crippen LogP contribution in [-0.2, 0) is 4.79 Å². The summed E-state index contributed by atoms with van der Waals surface area (Å²) in [5.41, 5.74) is 0.976. The first-order chi connectivity index (χ1) is 12.7. The van der Waals surface area contributed by atoms with E-state index in [-0.39, 0.29) is 12.5 Å². The van der Waals surface area contributed by atoms with Crippen molar-refractivity contribution in [2.24, 2.45) is 0 Å². The highest BCUT2D eigenvalue weighted by Gasteiger charge is 2.20. The molecule has 0 saturated carbocycles. The molecule has 0 N–H and O–H groups in total. The summed E-state index contributed by atoms with van der Waals surface area (Å²) in [5.74, 6) is 1.29. The van der Waals surface area contributed by atoms with Crippen LogP contribution < -0.4 is 9.47 Å². The van der Waals surface area contributed by atoms with Crippen LogP contribution in [0.2, 0.25) is 0 Å². The predicted octanol–water partition coefficient (Wildman–Crippen LogP) is 3.25. The van der Waals surface area contributed by atoms with E-state index in [9.17, 15) is 4.79 Å². The van der Waals surface area contributed by atoms with Crippen LogP contribution in [-0.4, -0.2) is 60.1 Å². The van der Waals surface area contributed by atoms with Crippen LogP contribution in [0.15, 0.2) is 18.2 Å². The average molecular weight is 377 g/mol. The second kappa shape index (κ2) is 9.21. The van der Waals surface area contributed by atoms with Gasteiger partial charge in [-0.05, 0) is 57.2 Å². The second-order valence-corrected chi connectivity index (χ2v) is 7.21. The van der Waals surface area contributed by atoms with Crippen LogP contribution in [0.3, 0.4) is 0 Å². The number of ether oxygens (including phenoxy) is 2. The van der Waals surface area contributed by atoms with Crippen LogP contribution in [0.5, 0.6) is 11.5 Å². The number of hydrogen-bond acceptors (Lipinski definition) is 4. The average Bonchev–Trinajstić information content (AvgIpc) is 3.22. The Morgan fingerprint density at radius 2 is 1.62 bits per heavy atom. The van der Waals surface area contributed by atoms with E-state index in [4.69, 9.17) is 21.7 Å². The molecule has 26 heavy (non-hydrogen) atoms. The summed E-state index contributed by atoms with van der Waals surface area (Å²) in [6, 6.07) is 5.78. The molecule has 2 saturated heterocycles. The van der Waals surface area contributed by atoms with Crippen molar-refractivity contribution >= 4 is 23.1 Å². The van der Waals surface area contributed by atoms with E-state index in [1.165, 1.54) is 19.3 Å². The Morgan fingerprint density at radius 1 is 0.962 bits per heavy atom. The quantitative estimate of drug-likeness (QED) is 0.713. The van der Waals surface area contributed by atoms with Crippen LogP contribution in [0, 0.1) is 0 Å². The van der Waals surface area contributed by atoms with Crippen molar-refractivity contribution in [3.05, 3.63) is 23.8 Å². The lowest BCUT2D eigenvalue weighted by molar-refractivity contribution is -0.132. The molecule has 1 aromatic carbocycles. The number of nitrogens with zero attached hydrogens (tertiary/aromatic N) is 2. The number of likely N-dealkylation sites (tertiary alicyclic amines) is 2. The Labute approximate surface area is 161 Å². The molecule has 2 aliphatic rings. The molecule has 0 aromatic heterocycles. The zero-order valence-corrected chi connectivity index (χ0v) is 16.4. The van der Waals surface area contributed by atoms with Gasteiger partial charge in [-0.2, -0.15) is 0 Å². The molecule has 5 nitrogen and oxygen atoms in total. The number of carbonyl (C=O) groups is 1. The lowest BCUT2D eigenvalue weighted by atomic mass is 10.1. The summed E-state index contributed by atoms with van der Waals surface area (Å²) in [6.45, 7) is 6.24. The van der Waals surface area contributed by atoms with Crippen LogP contribution in [0.1, 0.15) is 44.6 Å². The standard InChI is InChI=1S/C20H28N2O3S/c1-2-24-18-14-16(20(26)22-12-4-3-5-13-22)8-9-17(18)25-15-19(23)21-10-6-7-11-21/h8-9,14H,2-7,10-13,15H2,1H3. The number of hydrogen-bond donors (Lipinski definition) is 0. The first kappa shape index (κ1) is 19.0. The molecule has 0 spiro atoms. The van der Waals surface area contributed by atoms with E-state index >= 15 is 0 Å². The lowest BCUT2D eigenvalue weighted by Crippen LogP contribution is -2.35. The summed E-state index contributed by atoms with van der Waals surface area (Å²) in [4.78, 5) is 17.2.